The first-order valence-electron chi connectivity index (χ1n) is 4.51. The van der Waals surface area contributed by atoms with Crippen LogP contribution < -0.4 is 5.73 Å². The van der Waals surface area contributed by atoms with Gasteiger partial charge in [0, 0.05) is 19.7 Å². The highest BCUT2D eigenvalue weighted by Crippen LogP contribution is 2.06. The molecule has 1 rings (SSSR count). The van der Waals surface area contributed by atoms with Crippen molar-refractivity contribution in [3.63, 3.8) is 0 Å². The predicted octanol–water partition coefficient (Wildman–Crippen LogP) is 0.685. The molecule has 0 radical (unpaired) electrons. The Kier molecular flexibility index (Phi) is 4.58. The smallest absolute Gasteiger partial charge is 0.162 e. The van der Waals surface area contributed by atoms with E-state index in [1.54, 1.807) is 13.2 Å². The summed E-state index contributed by atoms with van der Waals surface area (Å²) in [5.74, 6) is 0.688. The van der Waals surface area contributed by atoms with Gasteiger partial charge in [-0.05, 0) is 6.92 Å². The summed E-state index contributed by atoms with van der Waals surface area (Å²) in [4.78, 5) is 0. The van der Waals surface area contributed by atoms with Crippen LogP contribution >= 0.6 is 0 Å². The van der Waals surface area contributed by atoms with Crippen LogP contribution in [0.5, 0.6) is 0 Å². The first-order chi connectivity index (χ1) is 6.76. The molecule has 1 aromatic heterocycles. The molecule has 14 heavy (non-hydrogen) atoms. The van der Waals surface area contributed by atoms with Crippen molar-refractivity contribution < 1.29 is 14.0 Å². The van der Waals surface area contributed by atoms with E-state index in [4.69, 9.17) is 19.7 Å². The molecule has 0 bridgehead atoms. The second-order valence-electron chi connectivity index (χ2n) is 3.07. The quantitative estimate of drug-likeness (QED) is 0.731. The number of nitrogens with two attached hydrogens (primary N) is 1. The maximum absolute atomic E-state index is 5.43. The van der Waals surface area contributed by atoms with E-state index in [0.29, 0.717) is 25.5 Å². The Morgan fingerprint density at radius 1 is 1.64 bits per heavy atom. The Morgan fingerprint density at radius 2 is 2.43 bits per heavy atom. The first-order valence-corrected chi connectivity index (χ1v) is 4.51. The highest BCUT2D eigenvalue weighted by Gasteiger charge is 2.06. The second-order valence-corrected chi connectivity index (χ2v) is 3.07. The molecule has 1 atom stereocenters. The van der Waals surface area contributed by atoms with Gasteiger partial charge in [0.05, 0.1) is 18.4 Å². The van der Waals surface area contributed by atoms with E-state index < -0.39 is 0 Å². The third-order valence-electron chi connectivity index (χ3n) is 1.73. The average Bonchev–Trinajstić information content (AvgIpc) is 2.63. The van der Waals surface area contributed by atoms with Crippen LogP contribution in [-0.4, -0.2) is 25.0 Å². The maximum atomic E-state index is 5.43. The molecule has 1 aromatic rings. The molecule has 0 aliphatic rings. The molecule has 5 heteroatoms. The molecule has 1 unspecified atom stereocenters. The van der Waals surface area contributed by atoms with Gasteiger partial charge < -0.3 is 19.7 Å². The van der Waals surface area contributed by atoms with Gasteiger partial charge in [-0.15, -0.1) is 0 Å². The highest BCUT2D eigenvalue weighted by atomic mass is 16.5. The normalized spacial score (nSPS) is 13.1. The Morgan fingerprint density at radius 3 is 3.00 bits per heavy atom. The summed E-state index contributed by atoms with van der Waals surface area (Å²) >= 11 is 0. The summed E-state index contributed by atoms with van der Waals surface area (Å²) in [5, 5.41) is 3.75. The number of hydrogen-bond acceptors (Lipinski definition) is 5. The molecule has 2 N–H and O–H groups in total. The van der Waals surface area contributed by atoms with Crippen LogP contribution in [0.4, 0.5) is 0 Å². The van der Waals surface area contributed by atoms with Crippen molar-refractivity contribution >= 4 is 0 Å². The maximum Gasteiger partial charge on any atom is 0.162 e. The molecule has 0 aliphatic carbocycles. The van der Waals surface area contributed by atoms with Crippen LogP contribution in [0.1, 0.15) is 18.4 Å². The van der Waals surface area contributed by atoms with Gasteiger partial charge in [-0.25, -0.2) is 0 Å². The van der Waals surface area contributed by atoms with E-state index in [0.717, 1.165) is 5.69 Å². The third kappa shape index (κ3) is 3.45. The molecule has 0 fully saturated rings. The van der Waals surface area contributed by atoms with E-state index in [1.807, 2.05) is 6.92 Å². The first kappa shape index (κ1) is 11.2. The van der Waals surface area contributed by atoms with E-state index >= 15 is 0 Å². The summed E-state index contributed by atoms with van der Waals surface area (Å²) in [5.41, 5.74) is 6.12. The van der Waals surface area contributed by atoms with Gasteiger partial charge >= 0.3 is 0 Å². The van der Waals surface area contributed by atoms with Crippen LogP contribution in [0.3, 0.4) is 0 Å². The zero-order chi connectivity index (χ0) is 10.4. The molecular weight excluding hydrogens is 184 g/mol. The third-order valence-corrected chi connectivity index (χ3v) is 1.73. The van der Waals surface area contributed by atoms with E-state index in [1.165, 1.54) is 0 Å². The van der Waals surface area contributed by atoms with Crippen molar-refractivity contribution in [2.75, 3.05) is 13.7 Å². The van der Waals surface area contributed by atoms with Gasteiger partial charge in [0.2, 0.25) is 0 Å². The Labute approximate surface area is 83.2 Å². The fourth-order valence-electron chi connectivity index (χ4n) is 1.03. The minimum Gasteiger partial charge on any atom is -0.382 e. The number of hydrogen-bond donors (Lipinski definition) is 1. The summed E-state index contributed by atoms with van der Waals surface area (Å²) < 4.78 is 15.3. The van der Waals surface area contributed by atoms with E-state index in [2.05, 4.69) is 5.16 Å². The van der Waals surface area contributed by atoms with Gasteiger partial charge in [0.1, 0.15) is 6.61 Å². The van der Waals surface area contributed by atoms with Crippen LogP contribution in [0.15, 0.2) is 10.6 Å². The molecule has 0 aromatic carbocycles. The summed E-state index contributed by atoms with van der Waals surface area (Å²) in [6, 6.07) is 1.79. The lowest BCUT2D eigenvalue weighted by Gasteiger charge is -2.09. The lowest BCUT2D eigenvalue weighted by molar-refractivity contribution is -0.00792. The zero-order valence-electron chi connectivity index (χ0n) is 8.53. The molecule has 5 nitrogen and oxygen atoms in total. The number of nitrogens with zero attached hydrogens (tertiary/aromatic N) is 1. The van der Waals surface area contributed by atoms with Crippen LogP contribution in [0.2, 0.25) is 0 Å². The summed E-state index contributed by atoms with van der Waals surface area (Å²) in [6.45, 7) is 3.29. The number of methoxy groups -OCH3 is 1. The minimum absolute atomic E-state index is 0.0476. The predicted molar refractivity (Wildman–Crippen MR) is 50.5 cm³/mol. The van der Waals surface area contributed by atoms with E-state index in [-0.39, 0.29) is 6.10 Å². The molecule has 1 heterocycles. The van der Waals surface area contributed by atoms with Gasteiger partial charge in [0.25, 0.3) is 0 Å². The van der Waals surface area contributed by atoms with Crippen LogP contribution in [-0.2, 0) is 22.6 Å². The Hall–Kier alpha value is -0.910. The Bertz CT molecular complexity index is 262. The average molecular weight is 200 g/mol. The van der Waals surface area contributed by atoms with Gasteiger partial charge in [-0.3, -0.25) is 0 Å². The molecule has 0 spiro atoms. The molecule has 0 aliphatic heterocycles. The number of aromatic nitrogens is 1. The van der Waals surface area contributed by atoms with Crippen molar-refractivity contribution in [2.24, 2.45) is 5.73 Å². The monoisotopic (exact) mass is 200 g/mol. The minimum atomic E-state index is 0.0476. The fourth-order valence-corrected chi connectivity index (χ4v) is 1.03. The molecule has 80 valence electrons. The topological polar surface area (TPSA) is 70.5 Å². The van der Waals surface area contributed by atoms with Crippen molar-refractivity contribution in [1.82, 2.24) is 5.16 Å². The van der Waals surface area contributed by atoms with Crippen molar-refractivity contribution in [1.29, 1.82) is 0 Å². The SMILES string of the molecule is COCC(C)OCc1cc(CN)no1. The number of rotatable bonds is 6. The standard InChI is InChI=1S/C9H16N2O3/c1-7(5-12-2)13-6-9-3-8(4-10)11-14-9/h3,7H,4-6,10H2,1-2H3. The van der Waals surface area contributed by atoms with Gasteiger partial charge in [-0.2, -0.15) is 0 Å². The second kappa shape index (κ2) is 5.74. The van der Waals surface area contributed by atoms with Gasteiger partial charge in [0.15, 0.2) is 5.76 Å². The lowest BCUT2D eigenvalue weighted by Crippen LogP contribution is -2.14. The zero-order valence-corrected chi connectivity index (χ0v) is 8.53. The highest BCUT2D eigenvalue weighted by molar-refractivity contribution is 5.03. The van der Waals surface area contributed by atoms with Gasteiger partial charge in [-0.1, -0.05) is 5.16 Å². The largest absolute Gasteiger partial charge is 0.382 e. The lowest BCUT2D eigenvalue weighted by atomic mass is 10.3. The molecular formula is C9H16N2O3. The fraction of sp³-hybridized carbons (Fsp3) is 0.667. The summed E-state index contributed by atoms with van der Waals surface area (Å²) in [6.07, 6.45) is 0.0476. The van der Waals surface area contributed by atoms with Crippen LogP contribution in [0, 0.1) is 0 Å². The molecule has 0 amide bonds. The molecule has 0 saturated carbocycles. The molecule has 0 saturated heterocycles. The van der Waals surface area contributed by atoms with Crippen molar-refractivity contribution in [3.8, 4) is 0 Å². The van der Waals surface area contributed by atoms with E-state index in [9.17, 15) is 0 Å². The number of ether oxygens (including phenoxy) is 2. The summed E-state index contributed by atoms with van der Waals surface area (Å²) in [7, 11) is 1.64. The Balaban J connectivity index is 2.30. The van der Waals surface area contributed by atoms with Crippen molar-refractivity contribution in [2.45, 2.75) is 26.2 Å². The van der Waals surface area contributed by atoms with Crippen molar-refractivity contribution in [3.05, 3.63) is 17.5 Å². The van der Waals surface area contributed by atoms with Crippen LogP contribution in [0.25, 0.3) is 0 Å².